The normalized spacial score (nSPS) is 10.7. The number of thioether (sulfide) groups is 1. The number of methoxy groups -OCH3 is 1. The number of nitrogens with one attached hydrogen (secondary N) is 1. The Hall–Kier alpha value is -2.31. The van der Waals surface area contributed by atoms with E-state index in [1.807, 2.05) is 31.2 Å². The molecule has 1 N–H and O–H groups in total. The Morgan fingerprint density at radius 3 is 2.60 bits per heavy atom. The molecule has 2 aromatic carbocycles. The van der Waals surface area contributed by atoms with E-state index in [0.29, 0.717) is 16.5 Å². The average Bonchev–Trinajstić information content (AvgIpc) is 2.60. The highest BCUT2D eigenvalue weighted by Gasteiger charge is 2.10. The minimum Gasteiger partial charge on any atom is -0.495 e. The quantitative estimate of drug-likeness (QED) is 0.674. The molecule has 0 aliphatic rings. The maximum Gasteiger partial charge on any atom is 0.234 e. The Labute approximate surface area is 154 Å². The number of para-hydroxylation sites is 2. The second kappa shape index (κ2) is 7.72. The molecule has 0 aliphatic heterocycles. The highest BCUT2D eigenvalue weighted by atomic mass is 35.5. The molecule has 25 heavy (non-hydrogen) atoms. The number of rotatable bonds is 5. The van der Waals surface area contributed by atoms with Crippen LogP contribution in [-0.2, 0) is 4.79 Å². The van der Waals surface area contributed by atoms with E-state index in [-0.39, 0.29) is 11.7 Å². The summed E-state index contributed by atoms with van der Waals surface area (Å²) in [5, 5.41) is 4.01. The number of carbonyl (C=O) groups excluding carboxylic acids is 1. The number of halogens is 1. The average molecular weight is 374 g/mol. The third-order valence-electron chi connectivity index (χ3n) is 3.48. The largest absolute Gasteiger partial charge is 0.495 e. The summed E-state index contributed by atoms with van der Waals surface area (Å²) in [6.07, 6.45) is 0. The molecule has 7 heteroatoms. The minimum absolute atomic E-state index is 0.138. The van der Waals surface area contributed by atoms with Gasteiger partial charge in [-0.05, 0) is 37.3 Å². The Bertz CT molecular complexity index is 933. The lowest BCUT2D eigenvalue weighted by atomic mass is 10.3. The molecule has 0 bridgehead atoms. The zero-order chi connectivity index (χ0) is 17.8. The lowest BCUT2D eigenvalue weighted by Gasteiger charge is -2.09. The number of aromatic nitrogens is 2. The number of amides is 1. The van der Waals surface area contributed by atoms with Crippen LogP contribution in [0.25, 0.3) is 11.0 Å². The number of hydrogen-bond acceptors (Lipinski definition) is 5. The molecule has 1 heterocycles. The van der Waals surface area contributed by atoms with Crippen LogP contribution < -0.4 is 10.1 Å². The summed E-state index contributed by atoms with van der Waals surface area (Å²) >= 11 is 7.42. The number of benzene rings is 2. The molecule has 0 saturated carbocycles. The molecule has 0 fully saturated rings. The van der Waals surface area contributed by atoms with E-state index in [4.69, 9.17) is 16.3 Å². The third kappa shape index (κ3) is 4.21. The van der Waals surface area contributed by atoms with E-state index in [2.05, 4.69) is 15.3 Å². The monoisotopic (exact) mass is 373 g/mol. The van der Waals surface area contributed by atoms with E-state index in [1.165, 1.54) is 11.8 Å². The second-order valence-corrected chi connectivity index (χ2v) is 6.66. The van der Waals surface area contributed by atoms with Crippen LogP contribution in [0.5, 0.6) is 5.75 Å². The molecule has 1 aromatic heterocycles. The van der Waals surface area contributed by atoms with Gasteiger partial charge in [-0.25, -0.2) is 9.97 Å². The van der Waals surface area contributed by atoms with E-state index >= 15 is 0 Å². The van der Waals surface area contributed by atoms with Crippen molar-refractivity contribution in [3.8, 4) is 5.75 Å². The van der Waals surface area contributed by atoms with E-state index in [1.54, 1.807) is 25.3 Å². The minimum atomic E-state index is -0.138. The fourth-order valence-corrected chi connectivity index (χ4v) is 3.30. The summed E-state index contributed by atoms with van der Waals surface area (Å²) in [6.45, 7) is 1.89. The van der Waals surface area contributed by atoms with E-state index in [0.717, 1.165) is 21.8 Å². The lowest BCUT2D eigenvalue weighted by molar-refractivity contribution is -0.113. The topological polar surface area (TPSA) is 64.1 Å². The van der Waals surface area contributed by atoms with Crippen LogP contribution >= 0.6 is 23.4 Å². The first kappa shape index (κ1) is 17.5. The third-order valence-corrected chi connectivity index (χ3v) is 4.84. The molecule has 128 valence electrons. The van der Waals surface area contributed by atoms with Gasteiger partial charge in [-0.3, -0.25) is 4.79 Å². The Morgan fingerprint density at radius 2 is 1.92 bits per heavy atom. The van der Waals surface area contributed by atoms with Crippen molar-refractivity contribution < 1.29 is 9.53 Å². The molecular formula is C18H16ClN3O2S. The van der Waals surface area contributed by atoms with Gasteiger partial charge in [0, 0.05) is 5.69 Å². The van der Waals surface area contributed by atoms with Gasteiger partial charge in [0.05, 0.1) is 34.6 Å². The van der Waals surface area contributed by atoms with Crippen molar-refractivity contribution >= 4 is 46.0 Å². The van der Waals surface area contributed by atoms with Crippen LogP contribution in [0, 0.1) is 6.92 Å². The van der Waals surface area contributed by atoms with Crippen LogP contribution in [0.4, 0.5) is 5.69 Å². The van der Waals surface area contributed by atoms with Gasteiger partial charge in [0.15, 0.2) is 0 Å². The van der Waals surface area contributed by atoms with Crippen LogP contribution in [0.1, 0.15) is 5.69 Å². The molecule has 0 aliphatic carbocycles. The molecule has 0 unspecified atom stereocenters. The number of carbonyl (C=O) groups is 1. The highest BCUT2D eigenvalue weighted by Crippen LogP contribution is 2.27. The molecule has 3 rings (SSSR count). The standard InChI is InChI=1S/C18H16ClN3O2S/c1-11-18(22-15-6-4-3-5-14(15)20-11)25-10-17(23)21-12-7-8-16(24-2)13(19)9-12/h3-9H,10H2,1-2H3,(H,21,23). The van der Waals surface area contributed by atoms with Gasteiger partial charge in [-0.2, -0.15) is 0 Å². The predicted octanol–water partition coefficient (Wildman–Crippen LogP) is 4.33. The van der Waals surface area contributed by atoms with Crippen molar-refractivity contribution in [2.45, 2.75) is 11.9 Å². The van der Waals surface area contributed by atoms with Crippen molar-refractivity contribution in [3.63, 3.8) is 0 Å². The first-order valence-corrected chi connectivity index (χ1v) is 8.93. The smallest absolute Gasteiger partial charge is 0.234 e. The van der Waals surface area contributed by atoms with Gasteiger partial charge >= 0.3 is 0 Å². The van der Waals surface area contributed by atoms with Crippen molar-refractivity contribution in [2.75, 3.05) is 18.2 Å². The van der Waals surface area contributed by atoms with Crippen molar-refractivity contribution in [2.24, 2.45) is 0 Å². The Kier molecular flexibility index (Phi) is 5.40. The summed E-state index contributed by atoms with van der Waals surface area (Å²) in [6, 6.07) is 12.8. The van der Waals surface area contributed by atoms with E-state index in [9.17, 15) is 4.79 Å². The number of ether oxygens (including phenoxy) is 1. The van der Waals surface area contributed by atoms with Crippen molar-refractivity contribution in [1.82, 2.24) is 9.97 Å². The van der Waals surface area contributed by atoms with Gasteiger partial charge in [-0.1, -0.05) is 35.5 Å². The van der Waals surface area contributed by atoms with Crippen LogP contribution in [0.3, 0.4) is 0 Å². The van der Waals surface area contributed by atoms with Crippen LogP contribution in [-0.4, -0.2) is 28.7 Å². The molecule has 3 aromatic rings. The molecule has 1 amide bonds. The Balaban J connectivity index is 1.66. The molecular weight excluding hydrogens is 358 g/mol. The highest BCUT2D eigenvalue weighted by molar-refractivity contribution is 8.00. The van der Waals surface area contributed by atoms with Crippen molar-refractivity contribution in [1.29, 1.82) is 0 Å². The van der Waals surface area contributed by atoms with Gasteiger partial charge in [0.1, 0.15) is 10.8 Å². The zero-order valence-corrected chi connectivity index (χ0v) is 15.3. The molecule has 5 nitrogen and oxygen atoms in total. The fraction of sp³-hybridized carbons (Fsp3) is 0.167. The number of fused-ring (bicyclic) bond motifs is 1. The van der Waals surface area contributed by atoms with E-state index < -0.39 is 0 Å². The Morgan fingerprint density at radius 1 is 1.20 bits per heavy atom. The van der Waals surface area contributed by atoms with Gasteiger partial charge < -0.3 is 10.1 Å². The summed E-state index contributed by atoms with van der Waals surface area (Å²) in [7, 11) is 1.54. The zero-order valence-electron chi connectivity index (χ0n) is 13.7. The molecule has 0 atom stereocenters. The summed E-state index contributed by atoms with van der Waals surface area (Å²) < 4.78 is 5.09. The number of anilines is 1. The van der Waals surface area contributed by atoms with Gasteiger partial charge in [-0.15, -0.1) is 0 Å². The van der Waals surface area contributed by atoms with Gasteiger partial charge in [0.25, 0.3) is 0 Å². The lowest BCUT2D eigenvalue weighted by Crippen LogP contribution is -2.14. The summed E-state index contributed by atoms with van der Waals surface area (Å²) in [4.78, 5) is 21.3. The number of nitrogens with zero attached hydrogens (tertiary/aromatic N) is 2. The second-order valence-electron chi connectivity index (χ2n) is 5.29. The van der Waals surface area contributed by atoms with Crippen LogP contribution in [0.2, 0.25) is 5.02 Å². The number of hydrogen-bond donors (Lipinski definition) is 1. The molecule has 0 spiro atoms. The molecule has 0 radical (unpaired) electrons. The van der Waals surface area contributed by atoms with Gasteiger partial charge in [0.2, 0.25) is 5.91 Å². The maximum absolute atomic E-state index is 12.2. The fourth-order valence-electron chi connectivity index (χ4n) is 2.28. The summed E-state index contributed by atoms with van der Waals surface area (Å²) in [5.41, 5.74) is 3.10. The predicted molar refractivity (Wildman–Crippen MR) is 102 cm³/mol. The number of aryl methyl sites for hydroxylation is 1. The first-order valence-electron chi connectivity index (χ1n) is 7.56. The maximum atomic E-state index is 12.2. The summed E-state index contributed by atoms with van der Waals surface area (Å²) in [5.74, 6) is 0.661. The van der Waals surface area contributed by atoms with Crippen LogP contribution in [0.15, 0.2) is 47.5 Å². The van der Waals surface area contributed by atoms with Crippen molar-refractivity contribution in [3.05, 3.63) is 53.2 Å². The molecule has 0 saturated heterocycles. The SMILES string of the molecule is COc1ccc(NC(=O)CSc2nc3ccccc3nc2C)cc1Cl. The first-order chi connectivity index (χ1) is 12.1.